The van der Waals surface area contributed by atoms with Crippen LogP contribution in [-0.2, 0) is 9.59 Å². The van der Waals surface area contributed by atoms with Crippen LogP contribution >= 0.6 is 0 Å². The smallest absolute Gasteiger partial charge is 0.236 e. The van der Waals surface area contributed by atoms with Gasteiger partial charge in [-0.25, -0.2) is 5.01 Å². The maximum Gasteiger partial charge on any atom is 0.236 e. The summed E-state index contributed by atoms with van der Waals surface area (Å²) in [6, 6.07) is 9.15. The molecule has 0 bridgehead atoms. The first-order valence-electron chi connectivity index (χ1n) is 5.78. The first kappa shape index (κ1) is 14.2. The molecule has 5 heteroatoms. The van der Waals surface area contributed by atoms with E-state index in [0.717, 1.165) is 5.56 Å². The summed E-state index contributed by atoms with van der Waals surface area (Å²) in [5.41, 5.74) is 3.58. The molecule has 1 rings (SSSR count). The highest BCUT2D eigenvalue weighted by Crippen LogP contribution is 2.16. The molecule has 1 aromatic carbocycles. The Balaban J connectivity index is 2.73. The van der Waals surface area contributed by atoms with Crippen molar-refractivity contribution in [3.8, 4) is 0 Å². The number of rotatable bonds is 5. The van der Waals surface area contributed by atoms with Crippen LogP contribution in [-0.4, -0.2) is 30.9 Å². The fraction of sp³-hybridized carbons (Fsp3) is 0.385. The van der Waals surface area contributed by atoms with E-state index < -0.39 is 0 Å². The number of nitrogens with zero attached hydrogens (tertiary/aromatic N) is 1. The Morgan fingerprint density at radius 2 is 1.83 bits per heavy atom. The Labute approximate surface area is 107 Å². The van der Waals surface area contributed by atoms with Gasteiger partial charge in [-0.3, -0.25) is 15.0 Å². The number of carbonyl (C=O) groups excluding carboxylic acids is 2. The molecule has 0 aliphatic carbocycles. The van der Waals surface area contributed by atoms with Gasteiger partial charge in [-0.1, -0.05) is 30.3 Å². The minimum Gasteiger partial charge on any atom is -0.349 e. The predicted octanol–water partition coefficient (Wildman–Crippen LogP) is 0.847. The van der Waals surface area contributed by atoms with Crippen molar-refractivity contribution in [2.75, 3.05) is 14.1 Å². The summed E-state index contributed by atoms with van der Waals surface area (Å²) in [6.45, 7) is 1.44. The van der Waals surface area contributed by atoms with Crippen molar-refractivity contribution in [1.29, 1.82) is 0 Å². The lowest BCUT2D eigenvalue weighted by atomic mass is 10.0. The summed E-state index contributed by atoms with van der Waals surface area (Å²) in [6.07, 6.45) is 0.210. The van der Waals surface area contributed by atoms with E-state index in [9.17, 15) is 9.59 Å². The molecule has 0 aromatic heterocycles. The van der Waals surface area contributed by atoms with Crippen molar-refractivity contribution in [3.05, 3.63) is 35.9 Å². The molecule has 0 aliphatic heterocycles. The molecule has 18 heavy (non-hydrogen) atoms. The van der Waals surface area contributed by atoms with E-state index in [1.807, 2.05) is 30.3 Å². The lowest BCUT2D eigenvalue weighted by molar-refractivity contribution is -0.125. The lowest BCUT2D eigenvalue weighted by Gasteiger charge is -2.19. The third-order valence-electron chi connectivity index (χ3n) is 2.32. The molecular formula is C13H19N3O2. The van der Waals surface area contributed by atoms with Crippen LogP contribution in [0.2, 0.25) is 0 Å². The molecule has 0 radical (unpaired) electrons. The zero-order valence-corrected chi connectivity index (χ0v) is 10.9. The first-order chi connectivity index (χ1) is 8.49. The summed E-state index contributed by atoms with van der Waals surface area (Å²) in [5.74, 6) is -0.288. The number of amides is 2. The van der Waals surface area contributed by atoms with Gasteiger partial charge in [-0.2, -0.15) is 0 Å². The highest BCUT2D eigenvalue weighted by molar-refractivity contribution is 5.78. The average Bonchev–Trinajstić information content (AvgIpc) is 2.27. The van der Waals surface area contributed by atoms with Crippen LogP contribution in [0.3, 0.4) is 0 Å². The number of carbonyl (C=O) groups is 2. The average molecular weight is 249 g/mol. The van der Waals surface area contributed by atoms with Gasteiger partial charge in [0, 0.05) is 21.0 Å². The van der Waals surface area contributed by atoms with E-state index in [2.05, 4.69) is 10.7 Å². The van der Waals surface area contributed by atoms with Crippen molar-refractivity contribution < 1.29 is 9.59 Å². The maximum atomic E-state index is 11.7. The third-order valence-corrected chi connectivity index (χ3v) is 2.32. The SMILES string of the molecule is CC(=O)N[C@@H](CC(=O)NN(C)C)c1ccccc1. The van der Waals surface area contributed by atoms with Gasteiger partial charge in [0.05, 0.1) is 12.5 Å². The zero-order valence-electron chi connectivity index (χ0n) is 10.9. The van der Waals surface area contributed by atoms with Crippen LogP contribution in [0.5, 0.6) is 0 Å². The molecule has 2 amide bonds. The number of hydrazine groups is 1. The fourth-order valence-corrected chi connectivity index (χ4v) is 1.66. The first-order valence-corrected chi connectivity index (χ1v) is 5.78. The van der Waals surface area contributed by atoms with Crippen LogP contribution in [0.4, 0.5) is 0 Å². The number of nitrogens with one attached hydrogen (secondary N) is 2. The Bertz CT molecular complexity index is 404. The Kier molecular flexibility index (Phi) is 5.32. The highest BCUT2D eigenvalue weighted by atomic mass is 16.2. The Hall–Kier alpha value is -1.88. The number of benzene rings is 1. The summed E-state index contributed by atoms with van der Waals surface area (Å²) >= 11 is 0. The molecule has 0 heterocycles. The van der Waals surface area contributed by atoms with E-state index in [4.69, 9.17) is 0 Å². The Morgan fingerprint density at radius 1 is 1.22 bits per heavy atom. The van der Waals surface area contributed by atoms with E-state index >= 15 is 0 Å². The van der Waals surface area contributed by atoms with Crippen molar-refractivity contribution in [2.45, 2.75) is 19.4 Å². The van der Waals surface area contributed by atoms with Crippen LogP contribution in [0.25, 0.3) is 0 Å². The van der Waals surface area contributed by atoms with Crippen LogP contribution in [0.15, 0.2) is 30.3 Å². The van der Waals surface area contributed by atoms with Gasteiger partial charge in [0.15, 0.2) is 0 Å². The molecule has 0 saturated carbocycles. The van der Waals surface area contributed by atoms with Crippen LogP contribution < -0.4 is 10.7 Å². The summed E-state index contributed by atoms with van der Waals surface area (Å²) < 4.78 is 0. The number of hydrogen-bond acceptors (Lipinski definition) is 3. The third kappa shape index (κ3) is 4.97. The molecule has 2 N–H and O–H groups in total. The highest BCUT2D eigenvalue weighted by Gasteiger charge is 2.16. The summed E-state index contributed by atoms with van der Waals surface area (Å²) in [5, 5.41) is 4.36. The van der Waals surface area contributed by atoms with Crippen LogP contribution in [0, 0.1) is 0 Å². The van der Waals surface area contributed by atoms with Gasteiger partial charge in [-0.15, -0.1) is 0 Å². The van der Waals surface area contributed by atoms with Crippen molar-refractivity contribution in [3.63, 3.8) is 0 Å². The summed E-state index contributed by atoms with van der Waals surface area (Å²) in [4.78, 5) is 22.9. The molecule has 5 nitrogen and oxygen atoms in total. The van der Waals surface area contributed by atoms with Crippen LogP contribution in [0.1, 0.15) is 24.9 Å². The van der Waals surface area contributed by atoms with E-state index in [1.54, 1.807) is 19.1 Å². The van der Waals surface area contributed by atoms with Gasteiger partial charge in [-0.05, 0) is 5.56 Å². The predicted molar refractivity (Wildman–Crippen MR) is 69.4 cm³/mol. The van der Waals surface area contributed by atoms with E-state index in [-0.39, 0.29) is 24.3 Å². The summed E-state index contributed by atoms with van der Waals surface area (Å²) in [7, 11) is 3.49. The monoisotopic (exact) mass is 249 g/mol. The topological polar surface area (TPSA) is 61.4 Å². The maximum absolute atomic E-state index is 11.7. The quantitative estimate of drug-likeness (QED) is 0.760. The lowest BCUT2D eigenvalue weighted by Crippen LogP contribution is -2.39. The van der Waals surface area contributed by atoms with Crippen molar-refractivity contribution in [2.24, 2.45) is 0 Å². The standard InChI is InChI=1S/C13H19N3O2/c1-10(17)14-12(9-13(18)15-16(2)3)11-7-5-4-6-8-11/h4-8,12H,9H2,1-3H3,(H,14,17)(H,15,18)/t12-/m0/s1. The largest absolute Gasteiger partial charge is 0.349 e. The molecule has 1 aromatic rings. The molecule has 1 atom stereocenters. The second-order valence-corrected chi connectivity index (χ2v) is 4.30. The van der Waals surface area contributed by atoms with Gasteiger partial charge < -0.3 is 5.32 Å². The van der Waals surface area contributed by atoms with E-state index in [0.29, 0.717) is 0 Å². The minimum absolute atomic E-state index is 0.136. The van der Waals surface area contributed by atoms with Gasteiger partial charge in [0.1, 0.15) is 0 Å². The van der Waals surface area contributed by atoms with Gasteiger partial charge in [0.2, 0.25) is 11.8 Å². The normalized spacial score (nSPS) is 12.0. The fourth-order valence-electron chi connectivity index (χ4n) is 1.66. The Morgan fingerprint density at radius 3 is 2.33 bits per heavy atom. The second-order valence-electron chi connectivity index (χ2n) is 4.30. The molecule has 0 aliphatic rings. The van der Waals surface area contributed by atoms with Gasteiger partial charge >= 0.3 is 0 Å². The number of hydrogen-bond donors (Lipinski definition) is 2. The van der Waals surface area contributed by atoms with Gasteiger partial charge in [0.25, 0.3) is 0 Å². The molecule has 0 unspecified atom stereocenters. The van der Waals surface area contributed by atoms with E-state index in [1.165, 1.54) is 6.92 Å². The molecular weight excluding hydrogens is 230 g/mol. The second kappa shape index (κ2) is 6.76. The molecule has 98 valence electrons. The van der Waals surface area contributed by atoms with Crippen molar-refractivity contribution >= 4 is 11.8 Å². The molecule has 0 fully saturated rings. The molecule has 0 spiro atoms. The zero-order chi connectivity index (χ0) is 13.5. The molecule has 0 saturated heterocycles. The minimum atomic E-state index is -0.302. The van der Waals surface area contributed by atoms with Crippen molar-refractivity contribution in [1.82, 2.24) is 15.8 Å².